The molecule has 0 bridgehead atoms. The fourth-order valence-corrected chi connectivity index (χ4v) is 5.71. The van der Waals surface area contributed by atoms with E-state index in [1.807, 2.05) is 70.6 Å². The molecule has 0 atom stereocenters. The third-order valence-electron chi connectivity index (χ3n) is 5.09. The van der Waals surface area contributed by atoms with Crippen molar-refractivity contribution in [1.82, 2.24) is 9.55 Å². The molecule has 32 heavy (non-hydrogen) atoms. The van der Waals surface area contributed by atoms with Crippen LogP contribution in [-0.2, 0) is 11.3 Å². The van der Waals surface area contributed by atoms with E-state index in [4.69, 9.17) is 21.3 Å². The van der Waals surface area contributed by atoms with Crippen LogP contribution in [0, 0.1) is 0 Å². The number of aromatic nitrogens is 2. The number of methoxy groups -OCH3 is 1. The van der Waals surface area contributed by atoms with E-state index in [1.165, 1.54) is 11.3 Å². The van der Waals surface area contributed by atoms with E-state index in [0.717, 1.165) is 31.7 Å². The number of fused-ring (bicyclic) bond motifs is 2. The van der Waals surface area contributed by atoms with Crippen molar-refractivity contribution >= 4 is 61.3 Å². The number of carbonyl (C=O) groups excluding carboxylic acids is 1. The summed E-state index contributed by atoms with van der Waals surface area (Å²) in [5.74, 6) is -0.310. The molecule has 3 aromatic heterocycles. The van der Waals surface area contributed by atoms with Crippen LogP contribution in [0.3, 0.4) is 0 Å². The van der Waals surface area contributed by atoms with Gasteiger partial charge in [-0.25, -0.2) is 4.98 Å². The summed E-state index contributed by atoms with van der Waals surface area (Å²) in [7, 11) is 1.65. The number of hydrogen-bond acceptors (Lipinski definition) is 5. The number of hydrogen-bond donors (Lipinski definition) is 0. The SMILES string of the molecule is COCCn1c(=NC(=O)c2cc(-c3cccs3)nc3ccccc23)sc2cccc(Cl)c21. The molecule has 0 saturated heterocycles. The molecule has 0 radical (unpaired) electrons. The Bertz CT molecular complexity index is 1500. The lowest BCUT2D eigenvalue weighted by atomic mass is 10.1. The molecule has 5 aromatic rings. The highest BCUT2D eigenvalue weighted by molar-refractivity contribution is 7.16. The molecule has 0 unspecified atom stereocenters. The Balaban J connectivity index is 1.70. The maximum Gasteiger partial charge on any atom is 0.280 e. The van der Waals surface area contributed by atoms with E-state index < -0.39 is 0 Å². The van der Waals surface area contributed by atoms with Crippen molar-refractivity contribution in [2.45, 2.75) is 6.54 Å². The second kappa shape index (κ2) is 8.96. The second-order valence-corrected chi connectivity index (χ2v) is 9.45. The molecule has 8 heteroatoms. The molecule has 0 aliphatic heterocycles. The van der Waals surface area contributed by atoms with Gasteiger partial charge in [-0.15, -0.1) is 11.3 Å². The minimum Gasteiger partial charge on any atom is -0.383 e. The van der Waals surface area contributed by atoms with Crippen LogP contribution in [0.1, 0.15) is 10.4 Å². The number of amides is 1. The van der Waals surface area contributed by atoms with Crippen molar-refractivity contribution in [3.8, 4) is 10.6 Å². The van der Waals surface area contributed by atoms with E-state index in [1.54, 1.807) is 18.4 Å². The van der Waals surface area contributed by atoms with Crippen LogP contribution in [0.15, 0.2) is 71.0 Å². The zero-order valence-electron chi connectivity index (χ0n) is 17.1. The Labute approximate surface area is 197 Å². The summed E-state index contributed by atoms with van der Waals surface area (Å²) in [5.41, 5.74) is 2.93. The first-order valence-electron chi connectivity index (χ1n) is 9.95. The molecular formula is C24H18ClN3O2S2. The maximum atomic E-state index is 13.5. The van der Waals surface area contributed by atoms with E-state index in [2.05, 4.69) is 4.99 Å². The lowest BCUT2D eigenvalue weighted by molar-refractivity contribution is 0.0999. The van der Waals surface area contributed by atoms with E-state index >= 15 is 0 Å². The first kappa shape index (κ1) is 21.0. The predicted molar refractivity (Wildman–Crippen MR) is 132 cm³/mol. The number of nitrogens with zero attached hydrogens (tertiary/aromatic N) is 3. The predicted octanol–water partition coefficient (Wildman–Crippen LogP) is 6.02. The number of thiophene rings is 1. The average molecular weight is 480 g/mol. The van der Waals surface area contributed by atoms with Crippen LogP contribution < -0.4 is 4.80 Å². The third-order valence-corrected chi connectivity index (χ3v) is 7.33. The smallest absolute Gasteiger partial charge is 0.280 e. The van der Waals surface area contributed by atoms with Crippen molar-refractivity contribution in [2.75, 3.05) is 13.7 Å². The minimum atomic E-state index is -0.310. The molecule has 3 heterocycles. The summed E-state index contributed by atoms with van der Waals surface area (Å²) in [6, 6.07) is 19.2. The molecule has 0 aliphatic carbocycles. The van der Waals surface area contributed by atoms with E-state index in [9.17, 15) is 4.79 Å². The summed E-state index contributed by atoms with van der Waals surface area (Å²) in [6.07, 6.45) is 0. The van der Waals surface area contributed by atoms with Gasteiger partial charge in [0.25, 0.3) is 5.91 Å². The van der Waals surface area contributed by atoms with Crippen LogP contribution >= 0.6 is 34.3 Å². The highest BCUT2D eigenvalue weighted by atomic mass is 35.5. The van der Waals surface area contributed by atoms with Gasteiger partial charge in [0, 0.05) is 19.0 Å². The zero-order chi connectivity index (χ0) is 22.1. The normalized spacial score (nSPS) is 12.1. The summed E-state index contributed by atoms with van der Waals surface area (Å²) in [4.78, 5) is 24.4. The zero-order valence-corrected chi connectivity index (χ0v) is 19.5. The van der Waals surface area contributed by atoms with Gasteiger partial charge in [-0.1, -0.05) is 53.3 Å². The van der Waals surface area contributed by atoms with Gasteiger partial charge < -0.3 is 9.30 Å². The molecule has 2 aromatic carbocycles. The summed E-state index contributed by atoms with van der Waals surface area (Å²) >= 11 is 9.51. The quantitative estimate of drug-likeness (QED) is 0.309. The molecule has 0 spiro atoms. The van der Waals surface area contributed by atoms with Crippen molar-refractivity contribution < 1.29 is 9.53 Å². The molecule has 0 N–H and O–H groups in total. The van der Waals surface area contributed by atoms with Gasteiger partial charge in [0.15, 0.2) is 4.80 Å². The number of ether oxygens (including phenoxy) is 1. The van der Waals surface area contributed by atoms with Gasteiger partial charge in [-0.2, -0.15) is 4.99 Å². The molecule has 0 fully saturated rings. The van der Waals surface area contributed by atoms with Crippen LogP contribution in [-0.4, -0.2) is 29.2 Å². The average Bonchev–Trinajstić information content (AvgIpc) is 3.46. The number of halogens is 1. The van der Waals surface area contributed by atoms with Crippen molar-refractivity contribution in [2.24, 2.45) is 4.99 Å². The van der Waals surface area contributed by atoms with Crippen molar-refractivity contribution in [3.05, 3.63) is 81.4 Å². The molecule has 0 saturated carbocycles. The van der Waals surface area contributed by atoms with Gasteiger partial charge in [-0.05, 0) is 35.7 Å². The van der Waals surface area contributed by atoms with Gasteiger partial charge in [0.2, 0.25) is 0 Å². The van der Waals surface area contributed by atoms with Gasteiger partial charge in [0.05, 0.1) is 43.5 Å². The number of benzene rings is 2. The van der Waals surface area contributed by atoms with Crippen molar-refractivity contribution in [1.29, 1.82) is 0 Å². The van der Waals surface area contributed by atoms with E-state index in [-0.39, 0.29) is 5.91 Å². The fourth-order valence-electron chi connectivity index (χ4n) is 3.61. The molecule has 160 valence electrons. The van der Waals surface area contributed by atoms with Crippen LogP contribution in [0.5, 0.6) is 0 Å². The number of rotatable bonds is 5. The fraction of sp³-hybridized carbons (Fsp3) is 0.125. The lowest BCUT2D eigenvalue weighted by Gasteiger charge is -2.07. The summed E-state index contributed by atoms with van der Waals surface area (Å²) in [5, 5.41) is 3.40. The van der Waals surface area contributed by atoms with Gasteiger partial charge in [0.1, 0.15) is 0 Å². The van der Waals surface area contributed by atoms with Crippen LogP contribution in [0.25, 0.3) is 31.7 Å². The maximum absolute atomic E-state index is 13.5. The Morgan fingerprint density at radius 3 is 2.84 bits per heavy atom. The summed E-state index contributed by atoms with van der Waals surface area (Å²) < 4.78 is 8.19. The first-order chi connectivity index (χ1) is 15.7. The molecule has 1 amide bonds. The Morgan fingerprint density at radius 1 is 1.16 bits per heavy atom. The first-order valence-corrected chi connectivity index (χ1v) is 12.0. The monoisotopic (exact) mass is 479 g/mol. The standard InChI is InChI=1S/C24H18ClN3O2S2/c1-30-12-11-28-22-17(25)7-4-9-21(22)32-24(28)27-23(29)16-14-19(20-10-5-13-31-20)26-18-8-3-2-6-15(16)18/h2-10,13-14H,11-12H2,1H3. The highest BCUT2D eigenvalue weighted by Gasteiger charge is 2.16. The number of carbonyl (C=O) groups is 1. The van der Waals surface area contributed by atoms with Gasteiger partial charge >= 0.3 is 0 Å². The number of pyridine rings is 1. The van der Waals surface area contributed by atoms with Crippen LogP contribution in [0.4, 0.5) is 0 Å². The van der Waals surface area contributed by atoms with E-state index in [0.29, 0.717) is 28.5 Å². The topological polar surface area (TPSA) is 56.5 Å². The second-order valence-electron chi connectivity index (χ2n) is 7.08. The lowest BCUT2D eigenvalue weighted by Crippen LogP contribution is -2.19. The Hall–Kier alpha value is -2.84. The number of thiazole rings is 1. The Kier molecular flexibility index (Phi) is 5.89. The molecule has 5 nitrogen and oxygen atoms in total. The minimum absolute atomic E-state index is 0.310. The highest BCUT2D eigenvalue weighted by Crippen LogP contribution is 2.29. The van der Waals surface area contributed by atoms with Gasteiger partial charge in [-0.3, -0.25) is 4.79 Å². The van der Waals surface area contributed by atoms with Crippen molar-refractivity contribution in [3.63, 3.8) is 0 Å². The molecule has 5 rings (SSSR count). The largest absolute Gasteiger partial charge is 0.383 e. The molecular weight excluding hydrogens is 462 g/mol. The number of para-hydroxylation sites is 2. The third kappa shape index (κ3) is 3.89. The Morgan fingerprint density at radius 2 is 2.03 bits per heavy atom. The molecule has 0 aliphatic rings. The summed E-state index contributed by atoms with van der Waals surface area (Å²) in [6.45, 7) is 1.03. The van der Waals surface area contributed by atoms with Crippen LogP contribution in [0.2, 0.25) is 5.02 Å².